The molecule has 1 aromatic carbocycles. The first-order valence-electron chi connectivity index (χ1n) is 5.99. The smallest absolute Gasteiger partial charge is 0.267 e. The zero-order valence-corrected chi connectivity index (χ0v) is 10.2. The molecule has 0 radical (unpaired) electrons. The molecule has 0 fully saturated rings. The van der Waals surface area contributed by atoms with Crippen molar-refractivity contribution in [3.63, 3.8) is 0 Å². The Kier molecular flexibility index (Phi) is 2.98. The summed E-state index contributed by atoms with van der Waals surface area (Å²) >= 11 is 0. The summed E-state index contributed by atoms with van der Waals surface area (Å²) in [6.45, 7) is 0. The van der Waals surface area contributed by atoms with E-state index < -0.39 is 0 Å². The summed E-state index contributed by atoms with van der Waals surface area (Å²) in [6.07, 6.45) is 2.06. The molecule has 4 heteroatoms. The van der Waals surface area contributed by atoms with Gasteiger partial charge in [0.15, 0.2) is 0 Å². The van der Waals surface area contributed by atoms with Gasteiger partial charge in [0.1, 0.15) is 5.76 Å². The molecule has 2 aromatic heterocycles. The van der Waals surface area contributed by atoms with Crippen molar-refractivity contribution in [1.82, 2.24) is 10.2 Å². The van der Waals surface area contributed by atoms with Gasteiger partial charge in [0.05, 0.1) is 12.0 Å². The molecular formula is C15H12N2O2. The fourth-order valence-corrected chi connectivity index (χ4v) is 1.93. The third-order valence-corrected chi connectivity index (χ3v) is 2.89. The third-order valence-electron chi connectivity index (χ3n) is 2.89. The first-order valence-corrected chi connectivity index (χ1v) is 5.99. The second-order valence-corrected chi connectivity index (χ2v) is 4.23. The fourth-order valence-electron chi connectivity index (χ4n) is 1.93. The standard InChI is InChI=1S/C15H12N2O2/c18-15-12(9-13-7-4-8-19-13)10-14(16-17-15)11-5-2-1-3-6-11/h1-8,10H,9H2,(H,17,18). The number of aromatic amines is 1. The highest BCUT2D eigenvalue weighted by Crippen LogP contribution is 2.16. The summed E-state index contributed by atoms with van der Waals surface area (Å²) in [5.41, 5.74) is 2.18. The van der Waals surface area contributed by atoms with Gasteiger partial charge in [0.2, 0.25) is 0 Å². The minimum atomic E-state index is -0.184. The lowest BCUT2D eigenvalue weighted by Crippen LogP contribution is -2.14. The number of furan rings is 1. The quantitative estimate of drug-likeness (QED) is 0.779. The van der Waals surface area contributed by atoms with Crippen LogP contribution in [-0.2, 0) is 6.42 Å². The maximum Gasteiger partial charge on any atom is 0.267 e. The van der Waals surface area contributed by atoms with Crippen LogP contribution in [0, 0.1) is 0 Å². The van der Waals surface area contributed by atoms with Gasteiger partial charge in [0, 0.05) is 17.5 Å². The molecule has 2 heterocycles. The van der Waals surface area contributed by atoms with Crippen LogP contribution in [0.2, 0.25) is 0 Å². The Morgan fingerprint density at radius 2 is 1.95 bits per heavy atom. The van der Waals surface area contributed by atoms with Crippen molar-refractivity contribution in [3.8, 4) is 11.3 Å². The highest BCUT2D eigenvalue weighted by atomic mass is 16.3. The summed E-state index contributed by atoms with van der Waals surface area (Å²) < 4.78 is 5.26. The molecule has 0 bridgehead atoms. The normalized spacial score (nSPS) is 10.5. The topological polar surface area (TPSA) is 58.9 Å². The highest BCUT2D eigenvalue weighted by Gasteiger charge is 2.07. The van der Waals surface area contributed by atoms with Crippen LogP contribution in [0.5, 0.6) is 0 Å². The molecule has 3 aromatic rings. The SMILES string of the molecule is O=c1[nH]nc(-c2ccccc2)cc1Cc1ccco1. The molecule has 0 spiro atoms. The number of hydrogen-bond acceptors (Lipinski definition) is 3. The largest absolute Gasteiger partial charge is 0.469 e. The number of H-pyrrole nitrogens is 1. The Balaban J connectivity index is 1.99. The van der Waals surface area contributed by atoms with Crippen molar-refractivity contribution < 1.29 is 4.42 Å². The van der Waals surface area contributed by atoms with Crippen LogP contribution >= 0.6 is 0 Å². The van der Waals surface area contributed by atoms with Gasteiger partial charge in [-0.15, -0.1) is 0 Å². The van der Waals surface area contributed by atoms with E-state index in [2.05, 4.69) is 10.2 Å². The van der Waals surface area contributed by atoms with E-state index in [1.54, 1.807) is 12.3 Å². The first-order chi connectivity index (χ1) is 9.33. The molecule has 0 unspecified atom stereocenters. The van der Waals surface area contributed by atoms with Crippen LogP contribution in [0.25, 0.3) is 11.3 Å². The van der Waals surface area contributed by atoms with E-state index in [-0.39, 0.29) is 5.56 Å². The van der Waals surface area contributed by atoms with Crippen molar-refractivity contribution in [2.75, 3.05) is 0 Å². The van der Waals surface area contributed by atoms with Crippen molar-refractivity contribution in [2.45, 2.75) is 6.42 Å². The van der Waals surface area contributed by atoms with Crippen LogP contribution in [0.15, 0.2) is 64.0 Å². The Labute approximate surface area is 109 Å². The van der Waals surface area contributed by atoms with Gasteiger partial charge in [-0.1, -0.05) is 30.3 Å². The number of aromatic nitrogens is 2. The summed E-state index contributed by atoms with van der Waals surface area (Å²) in [7, 11) is 0. The predicted octanol–water partition coefficient (Wildman–Crippen LogP) is 2.62. The van der Waals surface area contributed by atoms with Gasteiger partial charge in [-0.25, -0.2) is 5.10 Å². The monoisotopic (exact) mass is 252 g/mol. The molecule has 0 aliphatic rings. The predicted molar refractivity (Wildman–Crippen MR) is 71.8 cm³/mol. The van der Waals surface area contributed by atoms with Crippen molar-refractivity contribution in [3.05, 3.63) is 76.5 Å². The molecule has 1 N–H and O–H groups in total. The van der Waals surface area contributed by atoms with E-state index in [9.17, 15) is 4.79 Å². The lowest BCUT2D eigenvalue weighted by atomic mass is 10.1. The minimum absolute atomic E-state index is 0.184. The van der Waals surface area contributed by atoms with Gasteiger partial charge in [0.25, 0.3) is 5.56 Å². The van der Waals surface area contributed by atoms with Gasteiger partial charge in [-0.2, -0.15) is 5.10 Å². The number of nitrogens with one attached hydrogen (secondary N) is 1. The maximum atomic E-state index is 11.8. The highest BCUT2D eigenvalue weighted by molar-refractivity contribution is 5.58. The summed E-state index contributed by atoms with van der Waals surface area (Å²) in [4.78, 5) is 11.8. The van der Waals surface area contributed by atoms with E-state index in [1.807, 2.05) is 42.5 Å². The molecule has 0 atom stereocenters. The Hall–Kier alpha value is -2.62. The van der Waals surface area contributed by atoms with Gasteiger partial charge >= 0.3 is 0 Å². The lowest BCUT2D eigenvalue weighted by Gasteiger charge is -2.02. The van der Waals surface area contributed by atoms with Crippen LogP contribution < -0.4 is 5.56 Å². The summed E-state index contributed by atoms with van der Waals surface area (Å²) in [5, 5.41) is 6.60. The Bertz CT molecular complexity index is 715. The molecule has 0 aliphatic carbocycles. The number of benzene rings is 1. The van der Waals surface area contributed by atoms with E-state index in [1.165, 1.54) is 0 Å². The number of nitrogens with zero attached hydrogens (tertiary/aromatic N) is 1. The lowest BCUT2D eigenvalue weighted by molar-refractivity contribution is 0.520. The third kappa shape index (κ3) is 2.47. The molecular weight excluding hydrogens is 240 g/mol. The summed E-state index contributed by atoms with van der Waals surface area (Å²) in [5.74, 6) is 0.760. The number of rotatable bonds is 3. The van der Waals surface area contributed by atoms with Crippen LogP contribution in [0.3, 0.4) is 0 Å². The van der Waals surface area contributed by atoms with Crippen molar-refractivity contribution in [1.29, 1.82) is 0 Å². The van der Waals surface area contributed by atoms with E-state index in [0.717, 1.165) is 17.0 Å². The average Bonchev–Trinajstić information content (AvgIpc) is 2.95. The molecule has 0 saturated carbocycles. The molecule has 4 nitrogen and oxygen atoms in total. The molecule has 94 valence electrons. The molecule has 0 amide bonds. The van der Waals surface area contributed by atoms with E-state index >= 15 is 0 Å². The molecule has 0 aliphatic heterocycles. The second kappa shape index (κ2) is 4.94. The second-order valence-electron chi connectivity index (χ2n) is 4.23. The first kappa shape index (κ1) is 11.5. The van der Waals surface area contributed by atoms with Gasteiger partial charge in [-0.3, -0.25) is 4.79 Å². The molecule has 19 heavy (non-hydrogen) atoms. The average molecular weight is 252 g/mol. The van der Waals surface area contributed by atoms with Crippen LogP contribution in [0.1, 0.15) is 11.3 Å². The van der Waals surface area contributed by atoms with E-state index in [4.69, 9.17) is 4.42 Å². The van der Waals surface area contributed by atoms with E-state index in [0.29, 0.717) is 12.0 Å². The molecule has 3 rings (SSSR count). The zero-order valence-electron chi connectivity index (χ0n) is 10.2. The Morgan fingerprint density at radius 1 is 1.11 bits per heavy atom. The van der Waals surface area contributed by atoms with Gasteiger partial charge < -0.3 is 4.42 Å². The Morgan fingerprint density at radius 3 is 2.68 bits per heavy atom. The van der Waals surface area contributed by atoms with Crippen molar-refractivity contribution >= 4 is 0 Å². The van der Waals surface area contributed by atoms with Crippen LogP contribution in [-0.4, -0.2) is 10.2 Å². The molecule has 0 saturated heterocycles. The zero-order chi connectivity index (χ0) is 13.1. The van der Waals surface area contributed by atoms with Gasteiger partial charge in [-0.05, 0) is 18.2 Å². The minimum Gasteiger partial charge on any atom is -0.469 e. The maximum absolute atomic E-state index is 11.8. The van der Waals surface area contributed by atoms with Crippen LogP contribution in [0.4, 0.5) is 0 Å². The fraction of sp³-hybridized carbons (Fsp3) is 0.0667. The summed E-state index contributed by atoms with van der Waals surface area (Å²) in [6, 6.07) is 15.2. The number of hydrogen-bond donors (Lipinski definition) is 1. The van der Waals surface area contributed by atoms with Crippen molar-refractivity contribution in [2.24, 2.45) is 0 Å².